The Morgan fingerprint density at radius 1 is 1.60 bits per heavy atom. The third-order valence-corrected chi connectivity index (χ3v) is 1.82. The zero-order chi connectivity index (χ0) is 8.15. The van der Waals surface area contributed by atoms with Gasteiger partial charge in [0.25, 0.3) is 0 Å². The van der Waals surface area contributed by atoms with Crippen LogP contribution in [0, 0.1) is 0 Å². The Hall–Kier alpha value is -0.210. The van der Waals surface area contributed by atoms with E-state index < -0.39 is 5.97 Å². The summed E-state index contributed by atoms with van der Waals surface area (Å²) in [6, 6.07) is 0. The van der Waals surface area contributed by atoms with E-state index in [9.17, 15) is 4.79 Å². The summed E-state index contributed by atoms with van der Waals surface area (Å²) in [5.74, 6) is -0.926. The van der Waals surface area contributed by atoms with Crippen molar-refractivity contribution in [2.24, 2.45) is 0 Å². The average Bonchev–Trinajstić information content (AvgIpc) is 1.88. The topological polar surface area (TPSA) is 37.3 Å². The monoisotopic (exact) mass is 182 g/mol. The summed E-state index contributed by atoms with van der Waals surface area (Å²) >= 11 is 10.8. The molecule has 0 aliphatic carbocycles. The third-order valence-electron chi connectivity index (χ3n) is 1.06. The van der Waals surface area contributed by atoms with Crippen LogP contribution in [0.25, 0.3) is 0 Å². The molecule has 0 heterocycles. The van der Waals surface area contributed by atoms with Gasteiger partial charge in [-0.15, -0.1) is 11.6 Å². The molecule has 0 saturated heterocycles. The Kier molecular flexibility index (Phi) is 4.49. The molecule has 0 aromatic heterocycles. The van der Waals surface area contributed by atoms with E-state index in [0.717, 1.165) is 0 Å². The number of alkyl halides is 1. The lowest BCUT2D eigenvalue weighted by Crippen LogP contribution is -2.01. The van der Waals surface area contributed by atoms with Gasteiger partial charge in [0.2, 0.25) is 0 Å². The highest BCUT2D eigenvalue weighted by molar-refractivity contribution is 6.37. The first kappa shape index (κ1) is 9.79. The molecule has 0 fully saturated rings. The number of rotatable bonds is 3. The van der Waals surface area contributed by atoms with Gasteiger partial charge in [0, 0.05) is 5.03 Å². The van der Waals surface area contributed by atoms with Crippen LogP contribution in [0.15, 0.2) is 10.6 Å². The first-order chi connectivity index (χ1) is 4.63. The molecule has 1 N–H and O–H groups in total. The molecule has 10 heavy (non-hydrogen) atoms. The van der Waals surface area contributed by atoms with E-state index in [2.05, 4.69) is 0 Å². The molecule has 0 aliphatic rings. The summed E-state index contributed by atoms with van der Waals surface area (Å²) in [4.78, 5) is 10.3. The summed E-state index contributed by atoms with van der Waals surface area (Å²) in [5, 5.41) is 8.69. The highest BCUT2D eigenvalue weighted by atomic mass is 35.5. The third kappa shape index (κ3) is 2.58. The summed E-state index contributed by atoms with van der Waals surface area (Å²) in [7, 11) is 0. The minimum Gasteiger partial charge on any atom is -0.478 e. The Morgan fingerprint density at radius 2 is 2.10 bits per heavy atom. The number of carboxylic acids is 1. The summed E-state index contributed by atoms with van der Waals surface area (Å²) in [5.41, 5.74) is 0.191. The van der Waals surface area contributed by atoms with Crippen LogP contribution >= 0.6 is 23.2 Å². The second-order valence-electron chi connectivity index (χ2n) is 1.68. The Morgan fingerprint density at radius 3 is 2.20 bits per heavy atom. The molecule has 0 amide bonds. The zero-order valence-corrected chi connectivity index (χ0v) is 7.04. The fourth-order valence-corrected chi connectivity index (χ4v) is 0.915. The average molecular weight is 183 g/mol. The smallest absolute Gasteiger partial charge is 0.332 e. The van der Waals surface area contributed by atoms with Crippen LogP contribution < -0.4 is 0 Å². The van der Waals surface area contributed by atoms with Crippen molar-refractivity contribution in [1.29, 1.82) is 0 Å². The fraction of sp³-hybridized carbons (Fsp3) is 0.500. The van der Waals surface area contributed by atoms with Crippen molar-refractivity contribution in [2.45, 2.75) is 13.3 Å². The molecule has 4 heteroatoms. The number of aliphatic carboxylic acids is 1. The fourth-order valence-electron chi connectivity index (χ4n) is 0.540. The lowest BCUT2D eigenvalue weighted by molar-refractivity contribution is -0.132. The van der Waals surface area contributed by atoms with E-state index in [1.807, 2.05) is 0 Å². The largest absolute Gasteiger partial charge is 0.478 e. The standard InChI is InChI=1S/C6H8Cl2O2/c1-2-4(6(9)10)5(8)3-7/h2-3H2,1H3,(H,9,10). The zero-order valence-electron chi connectivity index (χ0n) is 5.53. The van der Waals surface area contributed by atoms with Gasteiger partial charge in [-0.3, -0.25) is 0 Å². The molecule has 0 rings (SSSR count). The van der Waals surface area contributed by atoms with Crippen LogP contribution in [-0.4, -0.2) is 17.0 Å². The number of carbonyl (C=O) groups is 1. The van der Waals surface area contributed by atoms with Gasteiger partial charge < -0.3 is 5.11 Å². The van der Waals surface area contributed by atoms with Crippen LogP contribution in [0.2, 0.25) is 0 Å². The van der Waals surface area contributed by atoms with Crippen molar-refractivity contribution in [1.82, 2.24) is 0 Å². The maximum atomic E-state index is 10.3. The van der Waals surface area contributed by atoms with Crippen molar-refractivity contribution in [3.63, 3.8) is 0 Å². The van der Waals surface area contributed by atoms with Gasteiger partial charge in [0.05, 0.1) is 11.5 Å². The molecule has 0 bridgehead atoms. The SMILES string of the molecule is CCC(C(=O)O)=C(Cl)CCl. The molecule has 0 atom stereocenters. The van der Waals surface area contributed by atoms with Crippen molar-refractivity contribution in [2.75, 3.05) is 5.88 Å². The molecule has 0 aromatic rings. The minimum absolute atomic E-state index is 0.0665. The molecule has 0 saturated carbocycles. The Balaban J connectivity index is 4.45. The van der Waals surface area contributed by atoms with Crippen LogP contribution in [0.5, 0.6) is 0 Å². The van der Waals surface area contributed by atoms with Crippen LogP contribution in [-0.2, 0) is 4.79 Å². The molecule has 0 radical (unpaired) electrons. The maximum Gasteiger partial charge on any atom is 0.332 e. The van der Waals surface area contributed by atoms with Gasteiger partial charge in [-0.05, 0) is 6.42 Å². The van der Waals surface area contributed by atoms with Crippen molar-refractivity contribution < 1.29 is 9.90 Å². The molecular formula is C6H8Cl2O2. The van der Waals surface area contributed by atoms with Gasteiger partial charge in [-0.2, -0.15) is 0 Å². The van der Waals surface area contributed by atoms with Gasteiger partial charge in [-0.1, -0.05) is 18.5 Å². The molecule has 2 nitrogen and oxygen atoms in total. The molecule has 0 aromatic carbocycles. The summed E-state index contributed by atoms with van der Waals surface area (Å²) < 4.78 is 0. The predicted octanol–water partition coefficient (Wildman–Crippen LogP) is 2.21. The Bertz CT molecular complexity index is 163. The quantitative estimate of drug-likeness (QED) is 0.537. The first-order valence-electron chi connectivity index (χ1n) is 2.80. The second-order valence-corrected chi connectivity index (χ2v) is 2.40. The number of carboxylic acid groups (broad SMARTS) is 1. The van der Waals surface area contributed by atoms with Crippen molar-refractivity contribution >= 4 is 29.2 Å². The Labute approximate surface area is 69.4 Å². The molecular weight excluding hydrogens is 175 g/mol. The van der Waals surface area contributed by atoms with Gasteiger partial charge >= 0.3 is 5.97 Å². The van der Waals surface area contributed by atoms with E-state index >= 15 is 0 Å². The summed E-state index contributed by atoms with van der Waals surface area (Å²) in [6.07, 6.45) is 0.404. The van der Waals surface area contributed by atoms with E-state index in [0.29, 0.717) is 6.42 Å². The van der Waals surface area contributed by atoms with Gasteiger partial charge in [0.1, 0.15) is 0 Å². The number of hydrogen-bond acceptors (Lipinski definition) is 1. The highest BCUT2D eigenvalue weighted by Gasteiger charge is 2.08. The maximum absolute atomic E-state index is 10.3. The number of hydrogen-bond donors (Lipinski definition) is 1. The van der Waals surface area contributed by atoms with Crippen LogP contribution in [0.4, 0.5) is 0 Å². The summed E-state index contributed by atoms with van der Waals surface area (Å²) in [6.45, 7) is 1.72. The van der Waals surface area contributed by atoms with Crippen LogP contribution in [0.3, 0.4) is 0 Å². The first-order valence-corrected chi connectivity index (χ1v) is 3.71. The molecule has 0 aliphatic heterocycles. The van der Waals surface area contributed by atoms with Crippen molar-refractivity contribution in [3.05, 3.63) is 10.6 Å². The van der Waals surface area contributed by atoms with E-state index in [1.165, 1.54) is 0 Å². The van der Waals surface area contributed by atoms with E-state index in [1.54, 1.807) is 6.92 Å². The molecule has 0 unspecified atom stereocenters. The highest BCUT2D eigenvalue weighted by Crippen LogP contribution is 2.14. The molecule has 58 valence electrons. The molecule has 0 spiro atoms. The minimum atomic E-state index is -0.992. The van der Waals surface area contributed by atoms with Gasteiger partial charge in [-0.25, -0.2) is 4.79 Å². The lowest BCUT2D eigenvalue weighted by Gasteiger charge is -1.98. The van der Waals surface area contributed by atoms with Crippen LogP contribution in [0.1, 0.15) is 13.3 Å². The normalized spacial score (nSPS) is 12.7. The van der Waals surface area contributed by atoms with E-state index in [4.69, 9.17) is 28.3 Å². The van der Waals surface area contributed by atoms with E-state index in [-0.39, 0.29) is 16.5 Å². The van der Waals surface area contributed by atoms with Crippen molar-refractivity contribution in [3.8, 4) is 0 Å². The number of allylic oxidation sites excluding steroid dienone is 1. The lowest BCUT2D eigenvalue weighted by atomic mass is 10.2. The second kappa shape index (κ2) is 4.58. The number of halogens is 2. The predicted molar refractivity (Wildman–Crippen MR) is 41.5 cm³/mol. The van der Waals surface area contributed by atoms with Gasteiger partial charge in [0.15, 0.2) is 0 Å².